The lowest BCUT2D eigenvalue weighted by Crippen LogP contribution is -2.52. The van der Waals surface area contributed by atoms with Gasteiger partial charge in [0.2, 0.25) is 0 Å². The molecule has 4 rings (SSSR count). The van der Waals surface area contributed by atoms with Crippen molar-refractivity contribution in [3.63, 3.8) is 0 Å². The van der Waals surface area contributed by atoms with E-state index in [1.165, 1.54) is 32.1 Å². The van der Waals surface area contributed by atoms with Gasteiger partial charge in [0.25, 0.3) is 0 Å². The van der Waals surface area contributed by atoms with E-state index in [0.717, 1.165) is 18.1 Å². The highest BCUT2D eigenvalue weighted by molar-refractivity contribution is 5.27. The average molecular weight is 348 g/mol. The monoisotopic (exact) mass is 348 g/mol. The van der Waals surface area contributed by atoms with Gasteiger partial charge in [0, 0.05) is 0 Å². The maximum atomic E-state index is 9.26. The van der Waals surface area contributed by atoms with Crippen LogP contribution in [0.25, 0.3) is 0 Å². The largest absolute Gasteiger partial charge is 0.468 e. The third-order valence-corrected chi connectivity index (χ3v) is 8.24. The first kappa shape index (κ1) is 17.6. The Morgan fingerprint density at radius 3 is 2.64 bits per heavy atom. The Morgan fingerprint density at radius 2 is 1.88 bits per heavy atom. The molecule has 0 aliphatic heterocycles. The molecule has 0 saturated heterocycles. The zero-order chi connectivity index (χ0) is 17.7. The van der Waals surface area contributed by atoms with Gasteiger partial charge in [-0.15, -0.1) is 0 Å². The summed E-state index contributed by atoms with van der Waals surface area (Å²) < 4.78 is 11.0. The zero-order valence-electron chi connectivity index (χ0n) is 15.5. The molecule has 0 aromatic carbocycles. The van der Waals surface area contributed by atoms with Crippen molar-refractivity contribution in [1.82, 2.24) is 0 Å². The van der Waals surface area contributed by atoms with E-state index in [0.29, 0.717) is 17.8 Å². The predicted octanol–water partition coefficient (Wildman–Crippen LogP) is 3.60. The summed E-state index contributed by atoms with van der Waals surface area (Å²) in [6, 6.07) is 0. The van der Waals surface area contributed by atoms with Gasteiger partial charge in [-0.2, -0.15) is 0 Å². The molecule has 0 amide bonds. The molecule has 25 heavy (non-hydrogen) atoms. The first-order chi connectivity index (χ1) is 12.0. The molecule has 0 aromatic rings. The van der Waals surface area contributed by atoms with Crippen LogP contribution in [0.2, 0.25) is 0 Å². The zero-order valence-corrected chi connectivity index (χ0v) is 15.5. The summed E-state index contributed by atoms with van der Waals surface area (Å²) in [6.45, 7) is 4.43. The van der Waals surface area contributed by atoms with Crippen molar-refractivity contribution in [3.05, 3.63) is 24.0 Å². The van der Waals surface area contributed by atoms with Crippen molar-refractivity contribution in [2.45, 2.75) is 58.5 Å². The highest BCUT2D eigenvalue weighted by Gasteiger charge is 2.59. The van der Waals surface area contributed by atoms with Gasteiger partial charge in [-0.25, -0.2) is 0 Å². The molecule has 140 valence electrons. The van der Waals surface area contributed by atoms with E-state index >= 15 is 0 Å². The number of hydrogen-bond acceptors (Lipinski definition) is 4. The summed E-state index contributed by atoms with van der Waals surface area (Å²) in [4.78, 5) is 0. The van der Waals surface area contributed by atoms with Gasteiger partial charge in [0.1, 0.15) is 12.6 Å². The van der Waals surface area contributed by atoms with Crippen molar-refractivity contribution in [2.24, 2.45) is 34.5 Å². The van der Waals surface area contributed by atoms with Crippen LogP contribution in [-0.2, 0) is 9.47 Å². The summed E-state index contributed by atoms with van der Waals surface area (Å²) >= 11 is 0. The molecule has 4 aliphatic rings. The molecule has 4 nitrogen and oxygen atoms in total. The van der Waals surface area contributed by atoms with Crippen molar-refractivity contribution >= 4 is 0 Å². The van der Waals surface area contributed by atoms with E-state index in [-0.39, 0.29) is 30.5 Å². The minimum atomic E-state index is -0.252. The summed E-state index contributed by atoms with van der Waals surface area (Å²) in [5, 5.41) is 18.3. The first-order valence-electron chi connectivity index (χ1n) is 9.90. The van der Waals surface area contributed by atoms with Crippen LogP contribution in [0.1, 0.15) is 52.4 Å². The fourth-order valence-electron chi connectivity index (χ4n) is 6.93. The molecular formula is C21H32O4. The van der Waals surface area contributed by atoms with Crippen LogP contribution in [0.4, 0.5) is 0 Å². The highest BCUT2D eigenvalue weighted by Crippen LogP contribution is 2.65. The molecule has 0 aromatic heterocycles. The fourth-order valence-corrected chi connectivity index (χ4v) is 6.93. The summed E-state index contributed by atoms with van der Waals surface area (Å²) in [5.41, 5.74) is 0.426. The van der Waals surface area contributed by atoms with E-state index < -0.39 is 0 Å². The molecule has 4 heteroatoms. The Balaban J connectivity index is 1.57. The van der Waals surface area contributed by atoms with Crippen LogP contribution in [0.3, 0.4) is 0 Å². The molecule has 2 N–H and O–H groups in total. The first-order valence-corrected chi connectivity index (χ1v) is 9.90. The number of hydrogen-bond donors (Lipinski definition) is 2. The number of aliphatic hydroxyl groups is 2. The smallest absolute Gasteiger partial charge is 0.186 e. The lowest BCUT2D eigenvalue weighted by molar-refractivity contribution is -0.133. The number of aliphatic hydroxyl groups excluding tert-OH is 2. The average Bonchev–Trinajstić information content (AvgIpc) is 2.93. The Hall–Kier alpha value is -0.840. The van der Waals surface area contributed by atoms with E-state index in [4.69, 9.17) is 14.6 Å². The van der Waals surface area contributed by atoms with Gasteiger partial charge in [-0.05, 0) is 85.2 Å². The fraction of sp³-hybridized carbons (Fsp3) is 0.810. The maximum absolute atomic E-state index is 9.26. The van der Waals surface area contributed by atoms with E-state index in [1.54, 1.807) is 0 Å². The summed E-state index contributed by atoms with van der Waals surface area (Å²) in [6.07, 6.45) is 14.1. The molecule has 0 radical (unpaired) electrons. The van der Waals surface area contributed by atoms with Gasteiger partial charge in [0.15, 0.2) is 6.79 Å². The minimum Gasteiger partial charge on any atom is -0.468 e. The lowest BCUT2D eigenvalue weighted by Gasteiger charge is -2.58. The molecule has 4 aliphatic carbocycles. The Bertz CT molecular complexity index is 570. The molecular weight excluding hydrogens is 316 g/mol. The normalized spacial score (nSPS) is 48.3. The minimum absolute atomic E-state index is 0.151. The van der Waals surface area contributed by atoms with Gasteiger partial charge in [-0.1, -0.05) is 19.9 Å². The Morgan fingerprint density at radius 1 is 1.04 bits per heavy atom. The molecule has 0 spiro atoms. The van der Waals surface area contributed by atoms with E-state index in [2.05, 4.69) is 32.1 Å². The summed E-state index contributed by atoms with van der Waals surface area (Å²) in [5.74, 6) is 3.51. The lowest BCUT2D eigenvalue weighted by atomic mass is 9.47. The Labute approximate surface area is 150 Å². The molecule has 7 atom stereocenters. The number of allylic oxidation sites excluding steroid dienone is 3. The Kier molecular flexibility index (Phi) is 4.50. The second-order valence-corrected chi connectivity index (χ2v) is 9.01. The highest BCUT2D eigenvalue weighted by atomic mass is 16.6. The van der Waals surface area contributed by atoms with Crippen molar-refractivity contribution in [2.75, 3.05) is 13.6 Å². The topological polar surface area (TPSA) is 58.9 Å². The molecule has 3 fully saturated rings. The third-order valence-electron chi connectivity index (χ3n) is 8.24. The summed E-state index contributed by atoms with van der Waals surface area (Å²) in [7, 11) is 0. The van der Waals surface area contributed by atoms with Gasteiger partial charge in [0.05, 0.1) is 6.10 Å². The maximum Gasteiger partial charge on any atom is 0.186 e. The quantitative estimate of drug-likeness (QED) is 0.762. The van der Waals surface area contributed by atoms with E-state index in [1.807, 2.05) is 0 Å². The number of fused-ring (bicyclic) bond motifs is 5. The molecule has 3 saturated carbocycles. The van der Waals surface area contributed by atoms with Crippen LogP contribution in [-0.4, -0.2) is 29.9 Å². The van der Waals surface area contributed by atoms with Gasteiger partial charge >= 0.3 is 0 Å². The predicted molar refractivity (Wildman–Crippen MR) is 95.2 cm³/mol. The van der Waals surface area contributed by atoms with Crippen LogP contribution in [0, 0.1) is 34.5 Å². The second kappa shape index (κ2) is 6.40. The van der Waals surface area contributed by atoms with Gasteiger partial charge in [-0.3, -0.25) is 0 Å². The number of rotatable bonds is 4. The van der Waals surface area contributed by atoms with Crippen LogP contribution in [0.15, 0.2) is 24.0 Å². The molecule has 2 unspecified atom stereocenters. The van der Waals surface area contributed by atoms with Crippen LogP contribution < -0.4 is 0 Å². The van der Waals surface area contributed by atoms with Crippen molar-refractivity contribution < 1.29 is 19.7 Å². The third kappa shape index (κ3) is 2.60. The molecule has 0 bridgehead atoms. The van der Waals surface area contributed by atoms with Crippen LogP contribution in [0.5, 0.6) is 0 Å². The van der Waals surface area contributed by atoms with Crippen molar-refractivity contribution in [1.29, 1.82) is 0 Å². The van der Waals surface area contributed by atoms with Gasteiger partial charge < -0.3 is 19.7 Å². The van der Waals surface area contributed by atoms with Crippen molar-refractivity contribution in [3.8, 4) is 0 Å². The molecule has 0 heterocycles. The number of ether oxygens (including phenoxy) is 2. The standard InChI is InChI=1S/C21H32O4/c1-20-9-7-15(24-12-22)11-14(20)3-4-16-17-5-6-19(25-13-23)21(17,2)10-8-18(16)20/h7,9,11,14,16-19,22-23H,3-6,8,10,12-13H2,1-2H3/t14?,16-,17-,18+,19?,20-,21-/m0/s1. The second-order valence-electron chi connectivity index (χ2n) is 9.01. The SMILES string of the molecule is C[C@]12C=CC(OCO)=CC1CC[C@@H]1[C@H]2CC[C@]2(C)C(OCO)CC[C@@H]12. The van der Waals surface area contributed by atoms with E-state index in [9.17, 15) is 5.11 Å². The van der Waals surface area contributed by atoms with Crippen LogP contribution >= 0.6 is 0 Å².